The van der Waals surface area contributed by atoms with Crippen molar-refractivity contribution in [1.82, 2.24) is 20.0 Å². The maximum atomic E-state index is 12.7. The minimum absolute atomic E-state index is 0.0290. The van der Waals surface area contributed by atoms with Gasteiger partial charge in [-0.15, -0.1) is 0 Å². The van der Waals surface area contributed by atoms with Gasteiger partial charge in [0.15, 0.2) is 5.58 Å². The van der Waals surface area contributed by atoms with E-state index in [4.69, 9.17) is 9.26 Å². The molecule has 25 heavy (non-hydrogen) atoms. The zero-order valence-electron chi connectivity index (χ0n) is 13.7. The van der Waals surface area contributed by atoms with Crippen LogP contribution in [-0.4, -0.2) is 45.1 Å². The third kappa shape index (κ3) is 3.45. The van der Waals surface area contributed by atoms with E-state index in [-0.39, 0.29) is 18.4 Å². The van der Waals surface area contributed by atoms with Gasteiger partial charge in [0.25, 0.3) is 0 Å². The molecule has 7 heteroatoms. The minimum atomic E-state index is -0.0887. The van der Waals surface area contributed by atoms with Crippen molar-refractivity contribution in [3.8, 4) is 6.01 Å². The van der Waals surface area contributed by atoms with Crippen molar-refractivity contribution in [2.45, 2.75) is 25.4 Å². The standard InChI is InChI=1S/C18H18N4O3/c23-17(11-15-14-6-1-2-7-16(14)25-21-15)22-10-3-5-13(12-22)24-18-19-8-4-9-20-18/h1-2,4,6-9,13H,3,5,10-12H2. The average Bonchev–Trinajstić information content (AvgIpc) is 3.06. The second kappa shape index (κ2) is 6.88. The number of fused-ring (bicyclic) bond motifs is 1. The lowest BCUT2D eigenvalue weighted by Crippen LogP contribution is -2.45. The van der Waals surface area contributed by atoms with Gasteiger partial charge in [-0.3, -0.25) is 4.79 Å². The number of piperidine rings is 1. The molecule has 1 unspecified atom stereocenters. The summed E-state index contributed by atoms with van der Waals surface area (Å²) in [6, 6.07) is 9.66. The molecule has 1 aliphatic heterocycles. The zero-order chi connectivity index (χ0) is 17.1. The monoisotopic (exact) mass is 338 g/mol. The molecule has 4 rings (SSSR count). The highest BCUT2D eigenvalue weighted by atomic mass is 16.5. The SMILES string of the molecule is O=C(Cc1noc2ccccc12)N1CCCC(Oc2ncccn2)C1. The topological polar surface area (TPSA) is 81.4 Å². The Morgan fingerprint density at radius 2 is 2.08 bits per heavy atom. The number of benzene rings is 1. The molecular weight excluding hydrogens is 320 g/mol. The fourth-order valence-corrected chi connectivity index (χ4v) is 3.08. The maximum Gasteiger partial charge on any atom is 0.316 e. The van der Waals surface area contributed by atoms with Crippen molar-refractivity contribution < 1.29 is 14.1 Å². The van der Waals surface area contributed by atoms with Crippen molar-refractivity contribution in [2.24, 2.45) is 0 Å². The van der Waals surface area contributed by atoms with Crippen molar-refractivity contribution in [3.63, 3.8) is 0 Å². The van der Waals surface area contributed by atoms with Crippen LogP contribution in [-0.2, 0) is 11.2 Å². The van der Waals surface area contributed by atoms with Crippen LogP contribution in [0.15, 0.2) is 47.2 Å². The summed E-state index contributed by atoms with van der Waals surface area (Å²) < 4.78 is 11.1. The predicted octanol–water partition coefficient (Wildman–Crippen LogP) is 2.23. The smallest absolute Gasteiger partial charge is 0.316 e. The molecule has 0 saturated carbocycles. The Hall–Kier alpha value is -2.96. The van der Waals surface area contributed by atoms with Gasteiger partial charge in [0.1, 0.15) is 11.8 Å². The summed E-state index contributed by atoms with van der Waals surface area (Å²) in [4.78, 5) is 22.6. The Labute approximate surface area is 144 Å². The first-order chi connectivity index (χ1) is 12.3. The number of aromatic nitrogens is 3. The number of hydrogen-bond acceptors (Lipinski definition) is 6. The highest BCUT2D eigenvalue weighted by Gasteiger charge is 2.26. The largest absolute Gasteiger partial charge is 0.458 e. The molecule has 2 aromatic heterocycles. The van der Waals surface area contributed by atoms with Gasteiger partial charge in [-0.2, -0.15) is 0 Å². The summed E-state index contributed by atoms with van der Waals surface area (Å²) in [7, 11) is 0. The number of hydrogen-bond donors (Lipinski definition) is 0. The van der Waals surface area contributed by atoms with Crippen LogP contribution in [0.2, 0.25) is 0 Å². The van der Waals surface area contributed by atoms with Crippen molar-refractivity contribution in [1.29, 1.82) is 0 Å². The van der Waals surface area contributed by atoms with E-state index in [0.717, 1.165) is 24.8 Å². The average molecular weight is 338 g/mol. The lowest BCUT2D eigenvalue weighted by atomic mass is 10.1. The van der Waals surface area contributed by atoms with E-state index >= 15 is 0 Å². The Morgan fingerprint density at radius 1 is 1.24 bits per heavy atom. The second-order valence-corrected chi connectivity index (χ2v) is 6.06. The van der Waals surface area contributed by atoms with Gasteiger partial charge in [-0.05, 0) is 31.0 Å². The molecule has 3 heterocycles. The third-order valence-electron chi connectivity index (χ3n) is 4.32. The summed E-state index contributed by atoms with van der Waals surface area (Å²) in [5, 5.41) is 4.93. The van der Waals surface area contributed by atoms with Gasteiger partial charge in [-0.1, -0.05) is 17.3 Å². The van der Waals surface area contributed by atoms with Crippen LogP contribution in [0.3, 0.4) is 0 Å². The molecule has 1 atom stereocenters. The summed E-state index contributed by atoms with van der Waals surface area (Å²) in [6.45, 7) is 1.26. The number of carbonyl (C=O) groups excluding carboxylic acids is 1. The van der Waals surface area contributed by atoms with Crippen molar-refractivity contribution >= 4 is 16.9 Å². The predicted molar refractivity (Wildman–Crippen MR) is 90.0 cm³/mol. The molecule has 1 fully saturated rings. The molecular formula is C18H18N4O3. The number of ether oxygens (including phenoxy) is 1. The molecule has 3 aromatic rings. The van der Waals surface area contributed by atoms with E-state index in [2.05, 4.69) is 15.1 Å². The van der Waals surface area contributed by atoms with Crippen LogP contribution in [0.5, 0.6) is 6.01 Å². The lowest BCUT2D eigenvalue weighted by molar-refractivity contribution is -0.133. The highest BCUT2D eigenvalue weighted by molar-refractivity contribution is 5.86. The molecule has 7 nitrogen and oxygen atoms in total. The number of carbonyl (C=O) groups is 1. The van der Waals surface area contributed by atoms with Crippen LogP contribution < -0.4 is 4.74 Å². The number of likely N-dealkylation sites (tertiary alicyclic amines) is 1. The Kier molecular flexibility index (Phi) is 4.28. The molecule has 0 N–H and O–H groups in total. The quantitative estimate of drug-likeness (QED) is 0.725. The lowest BCUT2D eigenvalue weighted by Gasteiger charge is -2.32. The summed E-state index contributed by atoms with van der Waals surface area (Å²) in [5.74, 6) is 0.0290. The van der Waals surface area contributed by atoms with E-state index in [1.807, 2.05) is 29.2 Å². The van der Waals surface area contributed by atoms with E-state index < -0.39 is 0 Å². The normalized spacial score (nSPS) is 17.6. The van der Waals surface area contributed by atoms with Gasteiger partial charge in [0.05, 0.1) is 13.0 Å². The van der Waals surface area contributed by atoms with Crippen LogP contribution >= 0.6 is 0 Å². The molecule has 0 radical (unpaired) electrons. The van der Waals surface area contributed by atoms with Crippen molar-refractivity contribution in [2.75, 3.05) is 13.1 Å². The van der Waals surface area contributed by atoms with Crippen LogP contribution in [0, 0.1) is 0 Å². The molecule has 0 bridgehead atoms. The Balaban J connectivity index is 1.41. The fraction of sp³-hybridized carbons (Fsp3) is 0.333. The van der Waals surface area contributed by atoms with E-state index in [1.54, 1.807) is 18.5 Å². The molecule has 0 aliphatic carbocycles. The molecule has 1 aliphatic rings. The molecule has 128 valence electrons. The highest BCUT2D eigenvalue weighted by Crippen LogP contribution is 2.20. The first kappa shape index (κ1) is 15.6. The Bertz CT molecular complexity index is 865. The van der Waals surface area contributed by atoms with Crippen molar-refractivity contribution in [3.05, 3.63) is 48.4 Å². The number of rotatable bonds is 4. The first-order valence-corrected chi connectivity index (χ1v) is 8.34. The van der Waals surface area contributed by atoms with Gasteiger partial charge < -0.3 is 14.2 Å². The second-order valence-electron chi connectivity index (χ2n) is 6.06. The van der Waals surface area contributed by atoms with Crippen LogP contribution in [0.25, 0.3) is 11.0 Å². The van der Waals surface area contributed by atoms with E-state index in [0.29, 0.717) is 23.8 Å². The third-order valence-corrected chi connectivity index (χ3v) is 4.32. The molecule has 0 spiro atoms. The zero-order valence-corrected chi connectivity index (χ0v) is 13.7. The number of nitrogens with zero attached hydrogens (tertiary/aromatic N) is 4. The summed E-state index contributed by atoms with van der Waals surface area (Å²) in [6.07, 6.45) is 5.20. The van der Waals surface area contributed by atoms with Gasteiger partial charge in [0, 0.05) is 24.3 Å². The molecule has 1 amide bonds. The van der Waals surface area contributed by atoms with Crippen LogP contribution in [0.4, 0.5) is 0 Å². The van der Waals surface area contributed by atoms with Gasteiger partial charge >= 0.3 is 6.01 Å². The number of para-hydroxylation sites is 1. The Morgan fingerprint density at radius 3 is 2.96 bits per heavy atom. The first-order valence-electron chi connectivity index (χ1n) is 8.34. The van der Waals surface area contributed by atoms with Gasteiger partial charge in [-0.25, -0.2) is 9.97 Å². The number of amides is 1. The minimum Gasteiger partial charge on any atom is -0.458 e. The van der Waals surface area contributed by atoms with E-state index in [9.17, 15) is 4.79 Å². The molecule has 1 aromatic carbocycles. The maximum absolute atomic E-state index is 12.7. The fourth-order valence-electron chi connectivity index (χ4n) is 3.08. The van der Waals surface area contributed by atoms with Crippen LogP contribution in [0.1, 0.15) is 18.5 Å². The summed E-state index contributed by atoms with van der Waals surface area (Å²) in [5.41, 5.74) is 1.38. The molecule has 1 saturated heterocycles. The summed E-state index contributed by atoms with van der Waals surface area (Å²) >= 11 is 0. The van der Waals surface area contributed by atoms with E-state index in [1.165, 1.54) is 0 Å². The van der Waals surface area contributed by atoms with Gasteiger partial charge in [0.2, 0.25) is 5.91 Å².